The summed E-state index contributed by atoms with van der Waals surface area (Å²) in [6.07, 6.45) is 1.62. The van der Waals surface area contributed by atoms with Crippen molar-refractivity contribution in [1.82, 2.24) is 0 Å². The molecule has 1 aliphatic rings. The zero-order chi connectivity index (χ0) is 19.6. The lowest BCUT2D eigenvalue weighted by atomic mass is 9.96. The fraction of sp³-hybridized carbons (Fsp3) is 0.316. The number of nitrogens with zero attached hydrogens (tertiary/aromatic N) is 1. The highest BCUT2D eigenvalue weighted by molar-refractivity contribution is 7.92. The van der Waals surface area contributed by atoms with Crippen LogP contribution in [0.1, 0.15) is 17.9 Å². The van der Waals surface area contributed by atoms with Crippen LogP contribution in [0.4, 0.5) is 5.69 Å². The number of methoxy groups -OCH3 is 1. The van der Waals surface area contributed by atoms with Gasteiger partial charge in [0.15, 0.2) is 0 Å². The number of Topliss-reactive ketones (excluding diaryl/α,β-unsaturated/α-hetero) is 1. The third-order valence-electron chi connectivity index (χ3n) is 4.50. The van der Waals surface area contributed by atoms with Crippen molar-refractivity contribution in [3.63, 3.8) is 0 Å². The van der Waals surface area contributed by atoms with Crippen LogP contribution in [0.3, 0.4) is 0 Å². The Balaban J connectivity index is 2.03. The lowest BCUT2D eigenvalue weighted by Gasteiger charge is -2.21. The highest BCUT2D eigenvalue weighted by Crippen LogP contribution is 2.46. The quantitative estimate of drug-likeness (QED) is 0.704. The molecule has 3 rings (SSSR count). The number of rotatable bonds is 7. The zero-order valence-corrected chi connectivity index (χ0v) is 16.8. The van der Waals surface area contributed by atoms with Crippen LogP contribution >= 0.6 is 0 Å². The van der Waals surface area contributed by atoms with E-state index in [4.69, 9.17) is 4.74 Å². The summed E-state index contributed by atoms with van der Waals surface area (Å²) in [6.45, 7) is 0.148. The van der Waals surface area contributed by atoms with Gasteiger partial charge in [-0.2, -0.15) is 0 Å². The predicted molar refractivity (Wildman–Crippen MR) is 105 cm³/mol. The summed E-state index contributed by atoms with van der Waals surface area (Å²) < 4.78 is 44.5. The minimum absolute atomic E-state index is 0.0266. The van der Waals surface area contributed by atoms with Gasteiger partial charge in [-0.3, -0.25) is 13.3 Å². The minimum atomic E-state index is -3.79. The molecule has 0 N–H and O–H groups in total. The van der Waals surface area contributed by atoms with Crippen LogP contribution in [0, 0.1) is 0 Å². The molecular formula is C19H21NO5S2. The first-order valence-corrected chi connectivity index (χ1v) is 11.6. The molecule has 0 aromatic heterocycles. The monoisotopic (exact) mass is 407 g/mol. The maximum Gasteiger partial charge on any atom is 0.264 e. The number of carbonyl (C=O) groups excluding carboxylic acids is 1. The Labute approximate surface area is 161 Å². The van der Waals surface area contributed by atoms with Gasteiger partial charge in [-0.15, -0.1) is 0 Å². The maximum atomic E-state index is 13.2. The number of anilines is 1. The first-order chi connectivity index (χ1) is 12.8. The molecule has 0 radical (unpaired) electrons. The molecule has 0 fully saturated rings. The molecule has 0 bridgehead atoms. The second-order valence-corrected chi connectivity index (χ2v) is 9.70. The van der Waals surface area contributed by atoms with E-state index in [-0.39, 0.29) is 35.3 Å². The SMILES string of the molecule is COc1cccc2c1N(S(=O)(=O)c1ccccc1)CC2CC(=O)CS(C)=O. The van der Waals surface area contributed by atoms with Gasteiger partial charge in [0.05, 0.1) is 23.4 Å². The van der Waals surface area contributed by atoms with Crippen LogP contribution < -0.4 is 9.04 Å². The third kappa shape index (κ3) is 3.91. The van der Waals surface area contributed by atoms with Crippen molar-refractivity contribution in [3.05, 3.63) is 54.1 Å². The standard InChI is InChI=1S/C19H21NO5S2/c1-25-18-10-6-9-17-14(11-15(21)13-26(2)22)12-20(19(17)18)27(23,24)16-7-4-3-5-8-16/h3-10,14H,11-13H2,1-2H3. The molecule has 0 saturated carbocycles. The number of carbonyl (C=O) groups is 1. The van der Waals surface area contributed by atoms with E-state index in [1.54, 1.807) is 42.5 Å². The molecule has 0 amide bonds. The predicted octanol–water partition coefficient (Wildman–Crippen LogP) is 2.33. The van der Waals surface area contributed by atoms with Crippen molar-refractivity contribution in [1.29, 1.82) is 0 Å². The van der Waals surface area contributed by atoms with Crippen LogP contribution in [0.25, 0.3) is 0 Å². The number of ketones is 1. The smallest absolute Gasteiger partial charge is 0.264 e. The van der Waals surface area contributed by atoms with Gasteiger partial charge < -0.3 is 4.74 Å². The van der Waals surface area contributed by atoms with E-state index in [1.807, 2.05) is 6.07 Å². The van der Waals surface area contributed by atoms with Crippen molar-refractivity contribution >= 4 is 32.3 Å². The summed E-state index contributed by atoms with van der Waals surface area (Å²) in [5.74, 6) is -0.0273. The first-order valence-electron chi connectivity index (χ1n) is 8.41. The molecule has 1 aliphatic heterocycles. The molecule has 8 heteroatoms. The Morgan fingerprint density at radius 2 is 1.89 bits per heavy atom. The summed E-state index contributed by atoms with van der Waals surface area (Å²) >= 11 is 0. The lowest BCUT2D eigenvalue weighted by Crippen LogP contribution is -2.30. The average molecular weight is 408 g/mol. The van der Waals surface area contributed by atoms with E-state index in [0.717, 1.165) is 5.56 Å². The van der Waals surface area contributed by atoms with Gasteiger partial charge in [0.1, 0.15) is 11.5 Å². The number of para-hydroxylation sites is 1. The molecule has 144 valence electrons. The van der Waals surface area contributed by atoms with Crippen molar-refractivity contribution in [3.8, 4) is 5.75 Å². The topological polar surface area (TPSA) is 80.8 Å². The van der Waals surface area contributed by atoms with E-state index in [0.29, 0.717) is 11.4 Å². The van der Waals surface area contributed by atoms with E-state index in [9.17, 15) is 17.4 Å². The van der Waals surface area contributed by atoms with Crippen molar-refractivity contribution in [2.45, 2.75) is 17.2 Å². The summed E-state index contributed by atoms with van der Waals surface area (Å²) in [5.41, 5.74) is 1.23. The molecule has 0 saturated heterocycles. The molecule has 27 heavy (non-hydrogen) atoms. The van der Waals surface area contributed by atoms with E-state index >= 15 is 0 Å². The van der Waals surface area contributed by atoms with Crippen LogP contribution in [0.15, 0.2) is 53.4 Å². The second kappa shape index (κ2) is 7.82. The summed E-state index contributed by atoms with van der Waals surface area (Å²) in [5, 5.41) is 0. The van der Waals surface area contributed by atoms with Gasteiger partial charge >= 0.3 is 0 Å². The lowest BCUT2D eigenvalue weighted by molar-refractivity contribution is -0.116. The molecule has 0 spiro atoms. The second-order valence-electron chi connectivity index (χ2n) is 6.40. The first kappa shape index (κ1) is 19.6. The number of ether oxygens (including phenoxy) is 1. The Kier molecular flexibility index (Phi) is 5.67. The molecule has 6 nitrogen and oxygen atoms in total. The average Bonchev–Trinajstić information content (AvgIpc) is 3.01. The number of hydrogen-bond acceptors (Lipinski definition) is 5. The zero-order valence-electron chi connectivity index (χ0n) is 15.1. The van der Waals surface area contributed by atoms with E-state index < -0.39 is 20.8 Å². The Hall–Kier alpha value is -2.19. The highest BCUT2D eigenvalue weighted by atomic mass is 32.2. The van der Waals surface area contributed by atoms with Gasteiger partial charge in [0.2, 0.25) is 0 Å². The molecule has 0 aliphatic carbocycles. The fourth-order valence-corrected chi connectivity index (χ4v) is 5.50. The summed E-state index contributed by atoms with van der Waals surface area (Å²) in [7, 11) is -3.53. The number of fused-ring (bicyclic) bond motifs is 1. The van der Waals surface area contributed by atoms with Crippen LogP contribution in [-0.2, 0) is 25.6 Å². The summed E-state index contributed by atoms with van der Waals surface area (Å²) in [6, 6.07) is 13.5. The maximum absolute atomic E-state index is 13.2. The van der Waals surface area contributed by atoms with Crippen LogP contribution in [-0.4, -0.2) is 44.1 Å². The fourth-order valence-electron chi connectivity index (χ4n) is 3.36. The van der Waals surface area contributed by atoms with E-state index in [1.165, 1.54) is 17.7 Å². The van der Waals surface area contributed by atoms with Gasteiger partial charge in [-0.25, -0.2) is 8.42 Å². The van der Waals surface area contributed by atoms with Crippen molar-refractivity contribution in [2.75, 3.05) is 30.0 Å². The number of sulfonamides is 1. The third-order valence-corrected chi connectivity index (χ3v) is 7.00. The Morgan fingerprint density at radius 3 is 2.52 bits per heavy atom. The molecule has 2 atom stereocenters. The highest BCUT2D eigenvalue weighted by Gasteiger charge is 2.39. The molecule has 1 heterocycles. The normalized spacial score (nSPS) is 17.4. The van der Waals surface area contributed by atoms with Crippen molar-refractivity contribution < 1.29 is 22.2 Å². The molecular weight excluding hydrogens is 386 g/mol. The number of benzene rings is 2. The van der Waals surface area contributed by atoms with Gasteiger partial charge in [-0.1, -0.05) is 30.3 Å². The van der Waals surface area contributed by atoms with Crippen LogP contribution in [0.2, 0.25) is 0 Å². The van der Waals surface area contributed by atoms with Gasteiger partial charge in [0, 0.05) is 35.9 Å². The summed E-state index contributed by atoms with van der Waals surface area (Å²) in [4.78, 5) is 12.4. The van der Waals surface area contributed by atoms with Crippen molar-refractivity contribution in [2.24, 2.45) is 0 Å². The van der Waals surface area contributed by atoms with Gasteiger partial charge in [-0.05, 0) is 23.8 Å². The Bertz CT molecular complexity index is 973. The minimum Gasteiger partial charge on any atom is -0.495 e. The van der Waals surface area contributed by atoms with Crippen LogP contribution in [0.5, 0.6) is 5.75 Å². The van der Waals surface area contributed by atoms with E-state index in [2.05, 4.69) is 0 Å². The Morgan fingerprint density at radius 1 is 1.19 bits per heavy atom. The molecule has 2 aromatic carbocycles. The molecule has 2 unspecified atom stereocenters. The van der Waals surface area contributed by atoms with Gasteiger partial charge in [0.25, 0.3) is 10.0 Å². The molecule has 2 aromatic rings. The largest absolute Gasteiger partial charge is 0.495 e. The number of hydrogen-bond donors (Lipinski definition) is 0.